The summed E-state index contributed by atoms with van der Waals surface area (Å²) in [6.45, 7) is 2.29. The van der Waals surface area contributed by atoms with E-state index in [-0.39, 0.29) is 4.90 Å². The summed E-state index contributed by atoms with van der Waals surface area (Å²) in [6, 6.07) is 13.0. The lowest BCUT2D eigenvalue weighted by Gasteiger charge is -2.32. The first-order valence-corrected chi connectivity index (χ1v) is 11.5. The summed E-state index contributed by atoms with van der Waals surface area (Å²) in [6.07, 6.45) is 4.14. The van der Waals surface area contributed by atoms with Crippen molar-refractivity contribution in [1.82, 2.24) is 9.88 Å². The molecule has 2 aliphatic heterocycles. The number of H-pyrrole nitrogens is 1. The number of piperidine rings is 1. The summed E-state index contributed by atoms with van der Waals surface area (Å²) >= 11 is 0. The topological polar surface area (TPSA) is 86.8 Å². The number of likely N-dealkylation sites (tertiary alicyclic amines) is 1. The summed E-state index contributed by atoms with van der Waals surface area (Å²) in [5.74, 6) is 1.82. The Balaban J connectivity index is 1.28. The fraction of sp³-hybridized carbons (Fsp3) is 0.318. The molecule has 2 aliphatic rings. The Labute approximate surface area is 175 Å². The maximum absolute atomic E-state index is 12.4. The Kier molecular flexibility index (Phi) is 4.75. The fourth-order valence-electron chi connectivity index (χ4n) is 4.44. The van der Waals surface area contributed by atoms with Crippen molar-refractivity contribution in [1.29, 1.82) is 0 Å². The van der Waals surface area contributed by atoms with E-state index in [0.29, 0.717) is 24.0 Å². The Bertz CT molecular complexity index is 1220. The van der Waals surface area contributed by atoms with Crippen molar-refractivity contribution in [3.05, 3.63) is 54.2 Å². The number of benzene rings is 2. The molecule has 7 nitrogen and oxygen atoms in total. The van der Waals surface area contributed by atoms with E-state index >= 15 is 0 Å². The minimum Gasteiger partial charge on any atom is -0.497 e. The predicted octanol–water partition coefficient (Wildman–Crippen LogP) is 3.57. The number of nitrogens with zero attached hydrogens (tertiary/aromatic N) is 2. The molecule has 0 unspecified atom stereocenters. The molecule has 1 saturated heterocycles. The highest BCUT2D eigenvalue weighted by molar-refractivity contribution is 7.90. The van der Waals surface area contributed by atoms with Crippen molar-refractivity contribution in [3.63, 3.8) is 0 Å². The Morgan fingerprint density at radius 2 is 1.97 bits per heavy atom. The first kappa shape index (κ1) is 19.1. The zero-order valence-electron chi connectivity index (χ0n) is 16.8. The summed E-state index contributed by atoms with van der Waals surface area (Å²) in [5.41, 5.74) is 3.05. The highest BCUT2D eigenvalue weighted by atomic mass is 32.2. The van der Waals surface area contributed by atoms with Gasteiger partial charge in [-0.2, -0.15) is 8.42 Å². The van der Waals surface area contributed by atoms with Gasteiger partial charge in [-0.05, 0) is 67.7 Å². The van der Waals surface area contributed by atoms with E-state index in [1.165, 1.54) is 10.9 Å². The molecule has 0 aliphatic carbocycles. The molecule has 3 heterocycles. The fourth-order valence-corrected chi connectivity index (χ4v) is 5.58. The maximum atomic E-state index is 12.4. The number of aromatic amines is 1. The molecule has 0 atom stereocenters. The Morgan fingerprint density at radius 3 is 2.77 bits per heavy atom. The van der Waals surface area contributed by atoms with Crippen LogP contribution in [0, 0.1) is 0 Å². The molecule has 3 aromatic rings. The Hall–Kier alpha value is -2.84. The second-order valence-electron chi connectivity index (χ2n) is 7.84. The van der Waals surface area contributed by atoms with Crippen molar-refractivity contribution in [3.8, 4) is 5.75 Å². The third kappa shape index (κ3) is 3.46. The standard InChI is InChI=1S/C22H24N4O3S/c1-29-16-6-7-19-17(12-16)18(13-23-19)15-8-10-26(11-9-15)14-22-24-20-4-2-3-5-21(20)30(27,28)25-22/h2-7,12-13,15,23H,8-11,14H2,1H3,(H,24,25). The van der Waals surface area contributed by atoms with E-state index in [0.717, 1.165) is 37.2 Å². The smallest absolute Gasteiger partial charge is 0.286 e. The van der Waals surface area contributed by atoms with Crippen LogP contribution in [0.1, 0.15) is 24.3 Å². The maximum Gasteiger partial charge on any atom is 0.286 e. The van der Waals surface area contributed by atoms with Crippen LogP contribution in [-0.4, -0.2) is 50.9 Å². The van der Waals surface area contributed by atoms with Gasteiger partial charge in [-0.15, -0.1) is 4.40 Å². The van der Waals surface area contributed by atoms with Gasteiger partial charge in [0.15, 0.2) is 0 Å². The molecule has 8 heteroatoms. The molecule has 0 saturated carbocycles. The SMILES string of the molecule is COc1ccc2[nH]cc(C3CCN(CC4=NS(=O)(=O)c5ccccc5N4)CC3)c2c1. The molecule has 2 N–H and O–H groups in total. The first-order valence-electron chi connectivity index (χ1n) is 10.1. The second kappa shape index (κ2) is 7.45. The van der Waals surface area contributed by atoms with Crippen LogP contribution in [0.4, 0.5) is 5.69 Å². The molecule has 1 aromatic heterocycles. The van der Waals surface area contributed by atoms with Gasteiger partial charge >= 0.3 is 0 Å². The molecule has 0 radical (unpaired) electrons. The highest BCUT2D eigenvalue weighted by Gasteiger charge is 2.28. The third-order valence-electron chi connectivity index (χ3n) is 6.00. The number of hydrogen-bond donors (Lipinski definition) is 2. The van der Waals surface area contributed by atoms with E-state index in [9.17, 15) is 8.42 Å². The van der Waals surface area contributed by atoms with Gasteiger partial charge in [-0.3, -0.25) is 4.90 Å². The number of ether oxygens (including phenoxy) is 1. The van der Waals surface area contributed by atoms with Crippen LogP contribution >= 0.6 is 0 Å². The summed E-state index contributed by atoms with van der Waals surface area (Å²) in [4.78, 5) is 5.87. The number of fused-ring (bicyclic) bond motifs is 2. The van der Waals surface area contributed by atoms with Gasteiger partial charge in [-0.25, -0.2) is 0 Å². The van der Waals surface area contributed by atoms with Gasteiger partial charge in [0.25, 0.3) is 10.0 Å². The Morgan fingerprint density at radius 1 is 1.17 bits per heavy atom. The molecule has 5 rings (SSSR count). The van der Waals surface area contributed by atoms with Crippen LogP contribution in [0.3, 0.4) is 0 Å². The second-order valence-corrected chi connectivity index (χ2v) is 9.41. The van der Waals surface area contributed by atoms with E-state index < -0.39 is 10.0 Å². The number of amidine groups is 1. The first-order chi connectivity index (χ1) is 14.5. The van der Waals surface area contributed by atoms with Gasteiger partial charge in [0.2, 0.25) is 0 Å². The lowest BCUT2D eigenvalue weighted by Crippen LogP contribution is -2.40. The van der Waals surface area contributed by atoms with Crippen molar-refractivity contribution in [2.24, 2.45) is 4.40 Å². The van der Waals surface area contributed by atoms with Gasteiger partial charge in [0.05, 0.1) is 19.3 Å². The van der Waals surface area contributed by atoms with Crippen molar-refractivity contribution in [2.75, 3.05) is 32.1 Å². The molecule has 0 amide bonds. The van der Waals surface area contributed by atoms with E-state index in [4.69, 9.17) is 4.74 Å². The number of methoxy groups -OCH3 is 1. The average Bonchev–Trinajstić information content (AvgIpc) is 3.17. The van der Waals surface area contributed by atoms with E-state index in [1.807, 2.05) is 12.1 Å². The zero-order chi connectivity index (χ0) is 20.7. The number of nitrogens with one attached hydrogen (secondary N) is 2. The predicted molar refractivity (Wildman–Crippen MR) is 118 cm³/mol. The zero-order valence-corrected chi connectivity index (χ0v) is 17.6. The van der Waals surface area contributed by atoms with Crippen LogP contribution in [-0.2, 0) is 10.0 Å². The lowest BCUT2D eigenvalue weighted by molar-refractivity contribution is 0.239. The number of aromatic nitrogens is 1. The van der Waals surface area contributed by atoms with Crippen LogP contribution in [0.15, 0.2) is 58.0 Å². The van der Waals surface area contributed by atoms with Crippen LogP contribution < -0.4 is 10.1 Å². The summed E-state index contributed by atoms with van der Waals surface area (Å²) in [5, 5.41) is 4.40. The number of para-hydroxylation sites is 1. The molecule has 2 aromatic carbocycles. The van der Waals surface area contributed by atoms with Gasteiger partial charge < -0.3 is 15.0 Å². The van der Waals surface area contributed by atoms with Crippen LogP contribution in [0.2, 0.25) is 0 Å². The molecule has 0 spiro atoms. The van der Waals surface area contributed by atoms with E-state index in [1.54, 1.807) is 25.3 Å². The van der Waals surface area contributed by atoms with Gasteiger partial charge in [-0.1, -0.05) is 12.1 Å². The summed E-state index contributed by atoms with van der Waals surface area (Å²) in [7, 11) is -1.95. The largest absolute Gasteiger partial charge is 0.497 e. The summed E-state index contributed by atoms with van der Waals surface area (Å²) < 4.78 is 34.3. The van der Waals surface area contributed by atoms with Gasteiger partial charge in [0, 0.05) is 17.1 Å². The minimum atomic E-state index is -3.64. The normalized spacial score (nSPS) is 19.2. The molecular weight excluding hydrogens is 400 g/mol. The number of sulfonamides is 1. The highest BCUT2D eigenvalue weighted by Crippen LogP contribution is 2.35. The van der Waals surface area contributed by atoms with Crippen LogP contribution in [0.25, 0.3) is 10.9 Å². The molecule has 156 valence electrons. The quantitative estimate of drug-likeness (QED) is 0.669. The monoisotopic (exact) mass is 424 g/mol. The number of rotatable bonds is 4. The molecule has 1 fully saturated rings. The molecular formula is C22H24N4O3S. The third-order valence-corrected chi connectivity index (χ3v) is 7.37. The average molecular weight is 425 g/mol. The van der Waals surface area contributed by atoms with Crippen molar-refractivity contribution >= 4 is 32.4 Å². The van der Waals surface area contributed by atoms with E-state index in [2.05, 4.69) is 37.9 Å². The number of hydrogen-bond acceptors (Lipinski definition) is 5. The van der Waals surface area contributed by atoms with Crippen molar-refractivity contribution in [2.45, 2.75) is 23.7 Å². The van der Waals surface area contributed by atoms with Gasteiger partial charge in [0.1, 0.15) is 16.5 Å². The number of anilines is 1. The molecule has 30 heavy (non-hydrogen) atoms. The van der Waals surface area contributed by atoms with Crippen LogP contribution in [0.5, 0.6) is 5.75 Å². The van der Waals surface area contributed by atoms with Crippen molar-refractivity contribution < 1.29 is 13.2 Å². The minimum absolute atomic E-state index is 0.238. The lowest BCUT2D eigenvalue weighted by atomic mass is 9.89. The molecule has 0 bridgehead atoms.